The lowest BCUT2D eigenvalue weighted by Gasteiger charge is -2.07. The molecule has 14 heavy (non-hydrogen) atoms. The van der Waals surface area contributed by atoms with E-state index in [9.17, 15) is 4.57 Å². The van der Waals surface area contributed by atoms with E-state index in [0.29, 0.717) is 5.30 Å². The van der Waals surface area contributed by atoms with Crippen molar-refractivity contribution in [2.45, 2.75) is 0 Å². The molecule has 0 aliphatic heterocycles. The Morgan fingerprint density at radius 1 is 1.36 bits per heavy atom. The number of halogens is 1. The molecule has 0 fully saturated rings. The van der Waals surface area contributed by atoms with E-state index < -0.39 is 6.49 Å². The second-order valence-corrected chi connectivity index (χ2v) is 7.25. The smallest absolute Gasteiger partial charge is 0.195 e. The topological polar surface area (TPSA) is 30.0 Å². The minimum Gasteiger partial charge on any atom is -0.302 e. The summed E-state index contributed by atoms with van der Waals surface area (Å²) in [5.41, 5.74) is 0. The summed E-state index contributed by atoms with van der Waals surface area (Å²) in [7, 11) is 0. The summed E-state index contributed by atoms with van der Waals surface area (Å²) < 4.78 is 11.8. The third-order valence-corrected chi connectivity index (χ3v) is 3.88. The van der Waals surface area contributed by atoms with E-state index in [1.165, 1.54) is 0 Å². The zero-order chi connectivity index (χ0) is 10.2. The van der Waals surface area contributed by atoms with Crippen LogP contribution in [-0.4, -0.2) is 11.6 Å². The van der Waals surface area contributed by atoms with Gasteiger partial charge in [0.15, 0.2) is 6.49 Å². The number of pyridine rings is 1. The Morgan fingerprint density at radius 2 is 2.14 bits per heavy atom. The van der Waals surface area contributed by atoms with Gasteiger partial charge in [0.2, 0.25) is 0 Å². The third-order valence-electron chi connectivity index (χ3n) is 2.09. The first kappa shape index (κ1) is 9.70. The summed E-state index contributed by atoms with van der Waals surface area (Å²) >= 11 is 5.87. The molecule has 0 aliphatic carbocycles. The number of fused-ring (bicyclic) bond motifs is 1. The number of hydrogen-bond acceptors (Lipinski definition) is 2. The molecule has 2 nitrogen and oxygen atoms in total. The highest BCUT2D eigenvalue weighted by molar-refractivity contribution is 7.94. The van der Waals surface area contributed by atoms with Crippen molar-refractivity contribution in [3.8, 4) is 0 Å². The Balaban J connectivity index is 2.85. The van der Waals surface area contributed by atoms with Gasteiger partial charge < -0.3 is 4.57 Å². The second kappa shape index (κ2) is 3.38. The Labute approximate surface area is 87.1 Å². The van der Waals surface area contributed by atoms with Crippen molar-refractivity contribution in [1.29, 1.82) is 0 Å². The van der Waals surface area contributed by atoms with Crippen LogP contribution in [0.4, 0.5) is 0 Å². The van der Waals surface area contributed by atoms with Crippen LogP contribution in [0, 0.1) is 0 Å². The van der Waals surface area contributed by atoms with Crippen LogP contribution in [-0.2, 0) is 4.57 Å². The van der Waals surface area contributed by atoms with Crippen LogP contribution in [0.2, 0.25) is 0 Å². The maximum atomic E-state index is 11.8. The summed E-state index contributed by atoms with van der Waals surface area (Å²) in [6.45, 7) is -1.16. The lowest BCUT2D eigenvalue weighted by atomic mass is 10.2. The lowest BCUT2D eigenvalue weighted by molar-refractivity contribution is 0.593. The second-order valence-electron chi connectivity index (χ2n) is 3.19. The summed E-state index contributed by atoms with van der Waals surface area (Å²) in [4.78, 5) is 4.00. The molecule has 0 spiro atoms. The van der Waals surface area contributed by atoms with Crippen molar-refractivity contribution in [2.24, 2.45) is 0 Å². The van der Waals surface area contributed by atoms with Crippen molar-refractivity contribution in [3.05, 3.63) is 36.7 Å². The molecule has 1 unspecified atom stereocenters. The zero-order valence-electron chi connectivity index (χ0n) is 7.64. The fourth-order valence-corrected chi connectivity index (χ4v) is 2.88. The molecule has 1 aromatic heterocycles. The van der Waals surface area contributed by atoms with Gasteiger partial charge in [-0.25, -0.2) is 0 Å². The molecule has 0 saturated carbocycles. The van der Waals surface area contributed by atoms with Gasteiger partial charge in [-0.05, 0) is 28.8 Å². The molecule has 0 bridgehead atoms. The van der Waals surface area contributed by atoms with Crippen molar-refractivity contribution >= 4 is 33.8 Å². The average molecular weight is 226 g/mol. The molecule has 1 aromatic carbocycles. The summed E-state index contributed by atoms with van der Waals surface area (Å²) in [6, 6.07) is 7.41. The fourth-order valence-electron chi connectivity index (χ4n) is 1.45. The summed E-state index contributed by atoms with van der Waals surface area (Å²) in [5.74, 6) is 0. The van der Waals surface area contributed by atoms with Crippen LogP contribution in [0.1, 0.15) is 0 Å². The molecular weight excluding hydrogens is 217 g/mol. The maximum absolute atomic E-state index is 11.8. The molecule has 1 atom stereocenters. The minimum atomic E-state index is -2.72. The SMILES string of the molecule is CP(=O)(Cl)c1cccc2cnccc12. The number of aromatic nitrogens is 1. The predicted octanol–water partition coefficient (Wildman–Crippen LogP) is 3.01. The molecule has 2 aromatic rings. The van der Waals surface area contributed by atoms with Gasteiger partial charge >= 0.3 is 0 Å². The molecule has 72 valence electrons. The Hall–Kier alpha value is -0.850. The van der Waals surface area contributed by atoms with E-state index in [1.54, 1.807) is 25.1 Å². The van der Waals surface area contributed by atoms with Crippen molar-refractivity contribution in [3.63, 3.8) is 0 Å². The molecule has 0 amide bonds. The summed E-state index contributed by atoms with van der Waals surface area (Å²) in [6.07, 6.45) is 3.42. The van der Waals surface area contributed by atoms with Crippen LogP contribution in [0.15, 0.2) is 36.7 Å². The number of rotatable bonds is 1. The Morgan fingerprint density at radius 3 is 2.86 bits per heavy atom. The van der Waals surface area contributed by atoms with E-state index in [2.05, 4.69) is 4.98 Å². The third kappa shape index (κ3) is 1.68. The minimum absolute atomic E-state index is 0.707. The van der Waals surface area contributed by atoms with E-state index in [-0.39, 0.29) is 0 Å². The molecule has 2 rings (SSSR count). The Kier molecular flexibility index (Phi) is 2.34. The van der Waals surface area contributed by atoms with Gasteiger partial charge in [0.1, 0.15) is 0 Å². The standard InChI is InChI=1S/C10H9ClNOP/c1-14(11,13)10-4-2-3-8-7-12-6-5-9(8)10/h2-7H,1H3. The van der Waals surface area contributed by atoms with Gasteiger partial charge in [0, 0.05) is 29.7 Å². The van der Waals surface area contributed by atoms with Crippen LogP contribution in [0.5, 0.6) is 0 Å². The van der Waals surface area contributed by atoms with Gasteiger partial charge in [-0.3, -0.25) is 4.98 Å². The molecule has 0 radical (unpaired) electrons. The van der Waals surface area contributed by atoms with Gasteiger partial charge in [0.05, 0.1) is 0 Å². The van der Waals surface area contributed by atoms with E-state index in [4.69, 9.17) is 11.2 Å². The number of benzene rings is 1. The zero-order valence-corrected chi connectivity index (χ0v) is 9.30. The highest BCUT2D eigenvalue weighted by Crippen LogP contribution is 2.47. The van der Waals surface area contributed by atoms with Crippen LogP contribution in [0.25, 0.3) is 10.8 Å². The van der Waals surface area contributed by atoms with Crippen molar-refractivity contribution < 1.29 is 4.57 Å². The number of nitrogens with zero attached hydrogens (tertiary/aromatic N) is 1. The molecule has 0 N–H and O–H groups in total. The van der Waals surface area contributed by atoms with Gasteiger partial charge in [0.25, 0.3) is 0 Å². The molecule has 0 aliphatic rings. The fraction of sp³-hybridized carbons (Fsp3) is 0.100. The van der Waals surface area contributed by atoms with E-state index in [1.807, 2.05) is 18.2 Å². The average Bonchev–Trinajstić information content (AvgIpc) is 2.15. The monoisotopic (exact) mass is 225 g/mol. The molecule has 0 saturated heterocycles. The first-order valence-electron chi connectivity index (χ1n) is 4.19. The predicted molar refractivity (Wildman–Crippen MR) is 60.8 cm³/mol. The van der Waals surface area contributed by atoms with E-state index >= 15 is 0 Å². The van der Waals surface area contributed by atoms with Crippen LogP contribution in [0.3, 0.4) is 0 Å². The van der Waals surface area contributed by atoms with Crippen LogP contribution < -0.4 is 5.30 Å². The van der Waals surface area contributed by atoms with Gasteiger partial charge in [-0.2, -0.15) is 0 Å². The summed E-state index contributed by atoms with van der Waals surface area (Å²) in [5, 5.41) is 2.59. The first-order chi connectivity index (χ1) is 6.59. The highest BCUT2D eigenvalue weighted by atomic mass is 35.7. The van der Waals surface area contributed by atoms with Gasteiger partial charge in [-0.15, -0.1) is 0 Å². The van der Waals surface area contributed by atoms with Gasteiger partial charge in [-0.1, -0.05) is 12.1 Å². The largest absolute Gasteiger partial charge is 0.302 e. The Bertz CT molecular complexity index is 515. The molecule has 4 heteroatoms. The molecule has 1 heterocycles. The lowest BCUT2D eigenvalue weighted by Crippen LogP contribution is -2.01. The van der Waals surface area contributed by atoms with Crippen LogP contribution >= 0.6 is 17.7 Å². The van der Waals surface area contributed by atoms with Crippen molar-refractivity contribution in [2.75, 3.05) is 6.66 Å². The van der Waals surface area contributed by atoms with Crippen molar-refractivity contribution in [1.82, 2.24) is 4.98 Å². The normalized spacial score (nSPS) is 15.3. The highest BCUT2D eigenvalue weighted by Gasteiger charge is 2.16. The first-order valence-corrected chi connectivity index (χ1v) is 7.25. The quantitative estimate of drug-likeness (QED) is 0.699. The van der Waals surface area contributed by atoms with E-state index in [0.717, 1.165) is 10.8 Å². The molecular formula is C10H9ClNOP. The number of hydrogen-bond donors (Lipinski definition) is 0. The maximum Gasteiger partial charge on any atom is 0.195 e.